The number of benzene rings is 2. The number of methoxy groups -OCH3 is 2. The molecule has 0 radical (unpaired) electrons. The Labute approximate surface area is 181 Å². The molecule has 3 aromatic rings. The number of hydrogen-bond acceptors (Lipinski definition) is 6. The highest BCUT2D eigenvalue weighted by Crippen LogP contribution is 2.29. The van der Waals surface area contributed by atoms with Crippen LogP contribution in [-0.4, -0.2) is 36.5 Å². The van der Waals surface area contributed by atoms with Crippen LogP contribution in [0.25, 0.3) is 11.3 Å². The zero-order valence-corrected chi connectivity index (χ0v) is 17.8. The van der Waals surface area contributed by atoms with Crippen molar-refractivity contribution in [2.45, 2.75) is 19.5 Å². The van der Waals surface area contributed by atoms with E-state index in [1.807, 2.05) is 37.3 Å². The summed E-state index contributed by atoms with van der Waals surface area (Å²) in [5.41, 5.74) is 9.15. The van der Waals surface area contributed by atoms with Crippen molar-refractivity contribution >= 4 is 11.7 Å². The van der Waals surface area contributed by atoms with E-state index in [4.69, 9.17) is 15.2 Å². The molecule has 1 heterocycles. The first-order chi connectivity index (χ1) is 15.0. The number of amides is 1. The fraction of sp³-hybridized carbons (Fsp3) is 0.261. The third kappa shape index (κ3) is 4.68. The van der Waals surface area contributed by atoms with Gasteiger partial charge in [0.1, 0.15) is 28.9 Å². The van der Waals surface area contributed by atoms with Crippen LogP contribution in [0.1, 0.15) is 34.5 Å². The molecule has 160 valence electrons. The smallest absolute Gasteiger partial charge is 0.255 e. The number of rotatable bonds is 8. The summed E-state index contributed by atoms with van der Waals surface area (Å²) in [6.45, 7) is 2.70. The summed E-state index contributed by atoms with van der Waals surface area (Å²) in [6.07, 6.45) is 0. The molecular weight excluding hydrogens is 394 g/mol. The van der Waals surface area contributed by atoms with Crippen LogP contribution in [0.15, 0.2) is 48.5 Å². The van der Waals surface area contributed by atoms with Crippen molar-refractivity contribution in [3.8, 4) is 23.1 Å². The summed E-state index contributed by atoms with van der Waals surface area (Å²) in [4.78, 5) is 12.5. The third-order valence-corrected chi connectivity index (χ3v) is 4.92. The van der Waals surface area contributed by atoms with Gasteiger partial charge in [-0.25, -0.2) is 4.68 Å². The van der Waals surface area contributed by atoms with Gasteiger partial charge >= 0.3 is 0 Å². The zero-order valence-electron chi connectivity index (χ0n) is 17.8. The van der Waals surface area contributed by atoms with Gasteiger partial charge in [-0.3, -0.25) is 4.79 Å². The Kier molecular flexibility index (Phi) is 6.90. The molecule has 1 unspecified atom stereocenters. The molecule has 0 saturated carbocycles. The molecule has 2 aromatic carbocycles. The van der Waals surface area contributed by atoms with Gasteiger partial charge in [0.25, 0.3) is 5.91 Å². The van der Waals surface area contributed by atoms with E-state index in [-0.39, 0.29) is 11.9 Å². The number of nitriles is 1. The second-order valence-electron chi connectivity index (χ2n) is 7.05. The largest absolute Gasteiger partial charge is 0.496 e. The molecule has 3 N–H and O–H groups in total. The minimum atomic E-state index is -0.216. The SMILES string of the molecule is COCC(C)n1nc(-c2ccc(CNC(=O)c3ccccc3OC)cc2)c(C#N)c1N. The summed E-state index contributed by atoms with van der Waals surface area (Å²) >= 11 is 0. The second kappa shape index (κ2) is 9.78. The normalized spacial score (nSPS) is 11.5. The van der Waals surface area contributed by atoms with E-state index < -0.39 is 0 Å². The van der Waals surface area contributed by atoms with Gasteiger partial charge < -0.3 is 20.5 Å². The Morgan fingerprint density at radius 2 is 1.94 bits per heavy atom. The van der Waals surface area contributed by atoms with Crippen molar-refractivity contribution in [3.05, 3.63) is 65.2 Å². The van der Waals surface area contributed by atoms with E-state index in [0.717, 1.165) is 11.1 Å². The maximum atomic E-state index is 12.5. The average molecular weight is 419 g/mol. The van der Waals surface area contributed by atoms with Crippen molar-refractivity contribution in [3.63, 3.8) is 0 Å². The van der Waals surface area contributed by atoms with Gasteiger partial charge in [0.05, 0.1) is 25.3 Å². The molecule has 0 fully saturated rings. The van der Waals surface area contributed by atoms with E-state index >= 15 is 0 Å². The number of aromatic nitrogens is 2. The van der Waals surface area contributed by atoms with E-state index in [2.05, 4.69) is 16.5 Å². The highest BCUT2D eigenvalue weighted by Gasteiger charge is 2.20. The highest BCUT2D eigenvalue weighted by molar-refractivity contribution is 5.96. The Bertz CT molecular complexity index is 1100. The molecule has 0 spiro atoms. The summed E-state index contributed by atoms with van der Waals surface area (Å²) < 4.78 is 12.0. The first-order valence-corrected chi connectivity index (χ1v) is 9.77. The predicted molar refractivity (Wildman–Crippen MR) is 118 cm³/mol. The molecule has 0 aliphatic rings. The zero-order chi connectivity index (χ0) is 22.4. The van der Waals surface area contributed by atoms with Gasteiger partial charge in [-0.15, -0.1) is 0 Å². The number of hydrogen-bond donors (Lipinski definition) is 2. The summed E-state index contributed by atoms with van der Waals surface area (Å²) in [5.74, 6) is 0.623. The van der Waals surface area contributed by atoms with E-state index in [1.165, 1.54) is 7.11 Å². The van der Waals surface area contributed by atoms with E-state index in [0.29, 0.717) is 41.5 Å². The van der Waals surface area contributed by atoms with Crippen LogP contribution in [0.2, 0.25) is 0 Å². The predicted octanol–water partition coefficient (Wildman–Crippen LogP) is 3.15. The Hall–Kier alpha value is -3.83. The third-order valence-electron chi connectivity index (χ3n) is 4.92. The molecular formula is C23H25N5O3. The molecule has 3 rings (SSSR count). The molecule has 0 bridgehead atoms. The highest BCUT2D eigenvalue weighted by atomic mass is 16.5. The van der Waals surface area contributed by atoms with Crippen LogP contribution in [0, 0.1) is 11.3 Å². The fourth-order valence-corrected chi connectivity index (χ4v) is 3.30. The van der Waals surface area contributed by atoms with Gasteiger partial charge in [0.2, 0.25) is 0 Å². The first-order valence-electron chi connectivity index (χ1n) is 9.77. The van der Waals surface area contributed by atoms with Crippen molar-refractivity contribution in [2.75, 3.05) is 26.6 Å². The number of carbonyl (C=O) groups excluding carboxylic acids is 1. The molecule has 0 aliphatic heterocycles. The molecule has 8 nitrogen and oxygen atoms in total. The molecule has 0 aliphatic carbocycles. The number of ether oxygens (including phenoxy) is 2. The number of nitrogens with one attached hydrogen (secondary N) is 1. The van der Waals surface area contributed by atoms with Gasteiger partial charge in [0.15, 0.2) is 0 Å². The Balaban J connectivity index is 1.76. The number of carbonyl (C=O) groups is 1. The van der Waals surface area contributed by atoms with Crippen molar-refractivity contribution in [1.82, 2.24) is 15.1 Å². The van der Waals surface area contributed by atoms with E-state index in [9.17, 15) is 10.1 Å². The number of anilines is 1. The molecule has 0 saturated heterocycles. The van der Waals surface area contributed by atoms with Crippen LogP contribution in [0.3, 0.4) is 0 Å². The van der Waals surface area contributed by atoms with Crippen LogP contribution in [-0.2, 0) is 11.3 Å². The minimum absolute atomic E-state index is 0.102. The van der Waals surface area contributed by atoms with Crippen molar-refractivity contribution in [1.29, 1.82) is 5.26 Å². The van der Waals surface area contributed by atoms with Crippen LogP contribution in [0.5, 0.6) is 5.75 Å². The van der Waals surface area contributed by atoms with Gasteiger partial charge in [-0.2, -0.15) is 10.4 Å². The lowest BCUT2D eigenvalue weighted by Crippen LogP contribution is -2.23. The van der Waals surface area contributed by atoms with Gasteiger partial charge in [-0.1, -0.05) is 36.4 Å². The standard InChI is InChI=1S/C23H25N5O3/c1-15(14-30-2)28-22(25)19(12-24)21(27-28)17-10-8-16(9-11-17)13-26-23(29)18-6-4-5-7-20(18)31-3/h4-11,15H,13-14,25H2,1-3H3,(H,26,29). The monoisotopic (exact) mass is 419 g/mol. The summed E-state index contributed by atoms with van der Waals surface area (Å²) in [5, 5.41) is 17.0. The van der Waals surface area contributed by atoms with Gasteiger partial charge in [-0.05, 0) is 24.6 Å². The van der Waals surface area contributed by atoms with Crippen molar-refractivity contribution in [2.24, 2.45) is 0 Å². The topological polar surface area (TPSA) is 115 Å². The van der Waals surface area contributed by atoms with Crippen LogP contribution < -0.4 is 15.8 Å². The summed E-state index contributed by atoms with van der Waals surface area (Å²) in [6, 6.07) is 16.6. The fourth-order valence-electron chi connectivity index (χ4n) is 3.30. The second-order valence-corrected chi connectivity index (χ2v) is 7.05. The van der Waals surface area contributed by atoms with Crippen LogP contribution >= 0.6 is 0 Å². The molecule has 8 heteroatoms. The Morgan fingerprint density at radius 3 is 2.58 bits per heavy atom. The molecule has 1 aromatic heterocycles. The first kappa shape index (κ1) is 21.9. The molecule has 31 heavy (non-hydrogen) atoms. The molecule has 1 atom stereocenters. The lowest BCUT2D eigenvalue weighted by atomic mass is 10.1. The number of nitrogens with zero attached hydrogens (tertiary/aromatic N) is 3. The minimum Gasteiger partial charge on any atom is -0.496 e. The van der Waals surface area contributed by atoms with Crippen molar-refractivity contribution < 1.29 is 14.3 Å². The molecule has 1 amide bonds. The summed E-state index contributed by atoms with van der Waals surface area (Å²) in [7, 11) is 3.14. The Morgan fingerprint density at radius 1 is 1.23 bits per heavy atom. The van der Waals surface area contributed by atoms with Gasteiger partial charge in [0, 0.05) is 19.2 Å². The number of para-hydroxylation sites is 1. The van der Waals surface area contributed by atoms with E-state index in [1.54, 1.807) is 30.0 Å². The lowest BCUT2D eigenvalue weighted by Gasteiger charge is -2.12. The number of nitrogen functional groups attached to an aromatic ring is 1. The number of nitrogens with two attached hydrogens (primary N) is 1. The maximum absolute atomic E-state index is 12.5. The quantitative estimate of drug-likeness (QED) is 0.580. The average Bonchev–Trinajstić information content (AvgIpc) is 3.14. The van der Waals surface area contributed by atoms with Crippen LogP contribution in [0.4, 0.5) is 5.82 Å². The maximum Gasteiger partial charge on any atom is 0.255 e. The lowest BCUT2D eigenvalue weighted by molar-refractivity contribution is 0.0948.